The van der Waals surface area contributed by atoms with Crippen molar-refractivity contribution in [1.82, 2.24) is 19.7 Å². The number of rotatable bonds is 2. The highest BCUT2D eigenvalue weighted by atomic mass is 16.5. The van der Waals surface area contributed by atoms with E-state index in [1.54, 1.807) is 17.1 Å². The molecule has 1 aliphatic heterocycles. The number of fused-ring (bicyclic) bond motifs is 1. The van der Waals surface area contributed by atoms with Gasteiger partial charge in [0.05, 0.1) is 36.2 Å². The van der Waals surface area contributed by atoms with Crippen LogP contribution in [0.15, 0.2) is 30.6 Å². The smallest absolute Gasteiger partial charge is 0.257 e. The number of carbonyl (C=O) groups excluding carboxylic acids is 1. The van der Waals surface area contributed by atoms with Gasteiger partial charge in [-0.15, -0.1) is 0 Å². The second-order valence-corrected chi connectivity index (χ2v) is 6.50. The Morgan fingerprint density at radius 2 is 2.17 bits per heavy atom. The molecule has 1 aliphatic carbocycles. The fourth-order valence-corrected chi connectivity index (χ4v) is 3.83. The monoisotopic (exact) mass is 326 g/mol. The number of pyridine rings is 1. The zero-order valence-electron chi connectivity index (χ0n) is 13.9. The van der Waals surface area contributed by atoms with E-state index in [0.717, 1.165) is 24.4 Å². The van der Waals surface area contributed by atoms with E-state index in [9.17, 15) is 4.79 Å². The van der Waals surface area contributed by atoms with Crippen molar-refractivity contribution in [2.24, 2.45) is 0 Å². The third-order valence-electron chi connectivity index (χ3n) is 5.10. The molecule has 24 heavy (non-hydrogen) atoms. The fourth-order valence-electron chi connectivity index (χ4n) is 3.83. The number of nitrogens with zero attached hydrogens (tertiary/aromatic N) is 4. The molecule has 1 saturated heterocycles. The van der Waals surface area contributed by atoms with E-state index >= 15 is 0 Å². The van der Waals surface area contributed by atoms with Crippen molar-refractivity contribution < 1.29 is 9.53 Å². The van der Waals surface area contributed by atoms with Crippen molar-refractivity contribution in [3.05, 3.63) is 41.9 Å². The van der Waals surface area contributed by atoms with Crippen molar-refractivity contribution in [2.75, 3.05) is 13.2 Å². The molecule has 2 aromatic heterocycles. The molecule has 0 radical (unpaired) electrons. The summed E-state index contributed by atoms with van der Waals surface area (Å²) in [6, 6.07) is 5.88. The number of hydrogen-bond acceptors (Lipinski definition) is 4. The van der Waals surface area contributed by atoms with Gasteiger partial charge in [-0.1, -0.05) is 18.9 Å². The summed E-state index contributed by atoms with van der Waals surface area (Å²) in [5.41, 5.74) is 1.49. The van der Waals surface area contributed by atoms with Crippen LogP contribution in [0.25, 0.3) is 5.82 Å². The molecule has 6 heteroatoms. The third-order valence-corrected chi connectivity index (χ3v) is 5.10. The van der Waals surface area contributed by atoms with Crippen LogP contribution < -0.4 is 0 Å². The van der Waals surface area contributed by atoms with Crippen LogP contribution in [0.1, 0.15) is 41.7 Å². The van der Waals surface area contributed by atoms with Gasteiger partial charge in [0.2, 0.25) is 0 Å². The highest BCUT2D eigenvalue weighted by molar-refractivity contribution is 5.95. The summed E-state index contributed by atoms with van der Waals surface area (Å²) in [4.78, 5) is 19.4. The van der Waals surface area contributed by atoms with E-state index in [4.69, 9.17) is 4.74 Å². The Kier molecular flexibility index (Phi) is 4.06. The number of aromatic nitrogens is 3. The van der Waals surface area contributed by atoms with Crippen LogP contribution in [0.2, 0.25) is 0 Å². The van der Waals surface area contributed by atoms with Crippen LogP contribution in [0, 0.1) is 6.92 Å². The Hall–Kier alpha value is -2.21. The molecule has 126 valence electrons. The molecule has 2 fully saturated rings. The minimum atomic E-state index is 0.0647. The normalized spacial score (nSPS) is 23.8. The van der Waals surface area contributed by atoms with Crippen molar-refractivity contribution >= 4 is 5.91 Å². The van der Waals surface area contributed by atoms with Crippen LogP contribution in [-0.2, 0) is 4.74 Å². The molecule has 0 aromatic carbocycles. The lowest BCUT2D eigenvalue weighted by atomic mass is 9.90. The number of amides is 1. The van der Waals surface area contributed by atoms with E-state index in [1.807, 2.05) is 30.0 Å². The van der Waals surface area contributed by atoms with Gasteiger partial charge in [-0.3, -0.25) is 4.79 Å². The SMILES string of the molecule is Cc1c(C(=O)N2CCO[C@@H]3CCCC[C@@H]32)cnn1-c1ccccn1. The number of morpholine rings is 1. The molecule has 0 N–H and O–H groups in total. The maximum absolute atomic E-state index is 13.1. The molecule has 3 heterocycles. The molecular formula is C18H22N4O2. The minimum absolute atomic E-state index is 0.0647. The Morgan fingerprint density at radius 3 is 3.00 bits per heavy atom. The van der Waals surface area contributed by atoms with Crippen LogP contribution in [0.3, 0.4) is 0 Å². The van der Waals surface area contributed by atoms with Gasteiger partial charge in [-0.05, 0) is 31.9 Å². The van der Waals surface area contributed by atoms with Gasteiger partial charge in [0, 0.05) is 12.7 Å². The molecule has 1 saturated carbocycles. The summed E-state index contributed by atoms with van der Waals surface area (Å²) in [6.45, 7) is 3.21. The Balaban J connectivity index is 1.62. The largest absolute Gasteiger partial charge is 0.374 e. The zero-order valence-corrected chi connectivity index (χ0v) is 13.9. The first-order valence-corrected chi connectivity index (χ1v) is 8.64. The minimum Gasteiger partial charge on any atom is -0.374 e. The maximum Gasteiger partial charge on any atom is 0.257 e. The molecule has 1 amide bonds. The topological polar surface area (TPSA) is 60.3 Å². The highest BCUT2D eigenvalue weighted by Gasteiger charge is 2.37. The van der Waals surface area contributed by atoms with Crippen molar-refractivity contribution in [1.29, 1.82) is 0 Å². The Morgan fingerprint density at radius 1 is 1.29 bits per heavy atom. The molecule has 2 atom stereocenters. The van der Waals surface area contributed by atoms with Crippen molar-refractivity contribution in [3.8, 4) is 5.82 Å². The fraction of sp³-hybridized carbons (Fsp3) is 0.500. The van der Waals surface area contributed by atoms with Crippen molar-refractivity contribution in [3.63, 3.8) is 0 Å². The highest BCUT2D eigenvalue weighted by Crippen LogP contribution is 2.30. The van der Waals surface area contributed by atoms with Gasteiger partial charge >= 0.3 is 0 Å². The molecule has 0 bridgehead atoms. The second kappa shape index (κ2) is 6.36. The molecule has 2 aliphatic rings. The summed E-state index contributed by atoms with van der Waals surface area (Å²) in [5.74, 6) is 0.793. The van der Waals surface area contributed by atoms with Gasteiger partial charge in [0.1, 0.15) is 0 Å². The quantitative estimate of drug-likeness (QED) is 0.850. The molecule has 6 nitrogen and oxygen atoms in total. The van der Waals surface area contributed by atoms with Gasteiger partial charge in [0.25, 0.3) is 5.91 Å². The lowest BCUT2D eigenvalue weighted by molar-refractivity contribution is -0.0753. The summed E-state index contributed by atoms with van der Waals surface area (Å²) in [6.07, 6.45) is 8.04. The van der Waals surface area contributed by atoms with E-state index in [0.29, 0.717) is 18.7 Å². The number of carbonyl (C=O) groups is 1. The number of ether oxygens (including phenoxy) is 1. The molecular weight excluding hydrogens is 304 g/mol. The van der Waals surface area contributed by atoms with Crippen LogP contribution in [0.5, 0.6) is 0 Å². The summed E-state index contributed by atoms with van der Waals surface area (Å²) in [5, 5.41) is 4.38. The van der Waals surface area contributed by atoms with E-state index in [2.05, 4.69) is 10.1 Å². The van der Waals surface area contributed by atoms with Crippen molar-refractivity contribution in [2.45, 2.75) is 44.8 Å². The number of hydrogen-bond donors (Lipinski definition) is 0. The third kappa shape index (κ3) is 2.60. The molecule has 0 spiro atoms. The summed E-state index contributed by atoms with van der Waals surface area (Å²) in [7, 11) is 0. The average molecular weight is 326 g/mol. The predicted molar refractivity (Wildman–Crippen MR) is 89.1 cm³/mol. The maximum atomic E-state index is 13.1. The average Bonchev–Trinajstić information content (AvgIpc) is 3.03. The molecule has 0 unspecified atom stereocenters. The van der Waals surface area contributed by atoms with Gasteiger partial charge < -0.3 is 9.64 Å². The molecule has 2 aromatic rings. The van der Waals surface area contributed by atoms with Gasteiger partial charge in [0.15, 0.2) is 5.82 Å². The van der Waals surface area contributed by atoms with Gasteiger partial charge in [-0.2, -0.15) is 5.10 Å². The van der Waals surface area contributed by atoms with E-state index in [1.165, 1.54) is 12.8 Å². The molecule has 4 rings (SSSR count). The first kappa shape index (κ1) is 15.3. The van der Waals surface area contributed by atoms with Crippen LogP contribution >= 0.6 is 0 Å². The predicted octanol–water partition coefficient (Wildman–Crippen LogP) is 2.36. The van der Waals surface area contributed by atoms with Crippen LogP contribution in [0.4, 0.5) is 0 Å². The Labute approximate surface area is 141 Å². The second-order valence-electron chi connectivity index (χ2n) is 6.50. The van der Waals surface area contributed by atoms with E-state index < -0.39 is 0 Å². The van der Waals surface area contributed by atoms with Gasteiger partial charge in [-0.25, -0.2) is 9.67 Å². The first-order chi connectivity index (χ1) is 11.8. The van der Waals surface area contributed by atoms with E-state index in [-0.39, 0.29) is 18.1 Å². The lowest BCUT2D eigenvalue weighted by Crippen LogP contribution is -2.54. The van der Waals surface area contributed by atoms with Crippen LogP contribution in [-0.4, -0.2) is 50.9 Å². The lowest BCUT2D eigenvalue weighted by Gasteiger charge is -2.43. The summed E-state index contributed by atoms with van der Waals surface area (Å²) < 4.78 is 7.61. The Bertz CT molecular complexity index is 726. The first-order valence-electron chi connectivity index (χ1n) is 8.64. The standard InChI is InChI=1S/C18H22N4O2/c1-13-14(12-20-22(13)17-8-4-5-9-19-17)18(23)21-10-11-24-16-7-3-2-6-15(16)21/h4-5,8-9,12,15-16H,2-3,6-7,10-11H2,1H3/t15-,16+/m0/s1. The zero-order chi connectivity index (χ0) is 16.5. The summed E-state index contributed by atoms with van der Waals surface area (Å²) >= 11 is 0.